The Labute approximate surface area is 77.3 Å². The molecule has 0 amide bonds. The summed E-state index contributed by atoms with van der Waals surface area (Å²) in [6.07, 6.45) is 2.67. The third kappa shape index (κ3) is 4.07. The van der Waals surface area contributed by atoms with E-state index in [2.05, 4.69) is 31.3 Å². The lowest BCUT2D eigenvalue weighted by Gasteiger charge is -2.33. The Morgan fingerprint density at radius 1 is 1.33 bits per heavy atom. The molecule has 2 heteroatoms. The largest absolute Gasteiger partial charge is 0.252 e. The van der Waals surface area contributed by atoms with Crippen LogP contribution in [-0.4, -0.2) is 24.6 Å². The maximum atomic E-state index is 3.45. The monoisotopic (exact) mass is 172 g/mol. The molecule has 0 aromatic carbocycles. The smallest absolute Gasteiger partial charge is 0.0238 e. The lowest BCUT2D eigenvalue weighted by molar-refractivity contribution is 0.122. The van der Waals surface area contributed by atoms with E-state index in [1.54, 1.807) is 0 Å². The van der Waals surface area contributed by atoms with Crippen molar-refractivity contribution in [3.63, 3.8) is 0 Å². The summed E-state index contributed by atoms with van der Waals surface area (Å²) >= 11 is 0. The maximum absolute atomic E-state index is 3.45. The first-order valence-corrected chi connectivity index (χ1v) is 5.17. The second-order valence-corrected chi connectivity index (χ2v) is 3.54. The quantitative estimate of drug-likeness (QED) is 0.652. The van der Waals surface area contributed by atoms with Crippen molar-refractivity contribution in [2.24, 2.45) is 5.92 Å². The topological polar surface area (TPSA) is 15.3 Å². The van der Waals surface area contributed by atoms with Gasteiger partial charge in [-0.2, -0.15) is 0 Å². The average Bonchev–Trinajstić information content (AvgIpc) is 2.08. The van der Waals surface area contributed by atoms with Crippen LogP contribution >= 0.6 is 0 Å². The summed E-state index contributed by atoms with van der Waals surface area (Å²) in [7, 11) is 2.12. The van der Waals surface area contributed by atoms with Gasteiger partial charge < -0.3 is 0 Å². The van der Waals surface area contributed by atoms with Gasteiger partial charge in [0.25, 0.3) is 0 Å². The zero-order chi connectivity index (χ0) is 9.56. The summed E-state index contributed by atoms with van der Waals surface area (Å²) in [6, 6.07) is 0.707. The lowest BCUT2D eigenvalue weighted by atomic mass is 9.98. The fourth-order valence-corrected chi connectivity index (χ4v) is 1.44. The van der Waals surface area contributed by atoms with E-state index in [1.807, 2.05) is 13.8 Å². The fourth-order valence-electron chi connectivity index (χ4n) is 1.44. The molecule has 1 saturated heterocycles. The summed E-state index contributed by atoms with van der Waals surface area (Å²) in [5.41, 5.74) is 3.45. The van der Waals surface area contributed by atoms with E-state index in [-0.39, 0.29) is 0 Å². The van der Waals surface area contributed by atoms with Crippen LogP contribution in [0.15, 0.2) is 0 Å². The zero-order valence-corrected chi connectivity index (χ0v) is 9.22. The number of hydrazine groups is 1. The van der Waals surface area contributed by atoms with Crippen molar-refractivity contribution in [3.05, 3.63) is 0 Å². The Morgan fingerprint density at radius 2 is 1.92 bits per heavy atom. The first-order chi connectivity index (χ1) is 5.70. The second-order valence-electron chi connectivity index (χ2n) is 3.54. The Balaban J connectivity index is 0.000000561. The van der Waals surface area contributed by atoms with Gasteiger partial charge in [-0.15, -0.1) is 0 Å². The Kier molecular flexibility index (Phi) is 6.39. The predicted molar refractivity (Wildman–Crippen MR) is 55.0 cm³/mol. The van der Waals surface area contributed by atoms with Crippen LogP contribution in [0.2, 0.25) is 0 Å². The van der Waals surface area contributed by atoms with E-state index in [0.717, 1.165) is 5.92 Å². The van der Waals surface area contributed by atoms with Crippen LogP contribution in [-0.2, 0) is 0 Å². The van der Waals surface area contributed by atoms with E-state index in [1.165, 1.54) is 19.4 Å². The van der Waals surface area contributed by atoms with Gasteiger partial charge in [0.15, 0.2) is 0 Å². The molecule has 1 N–H and O–H groups in total. The number of rotatable bonds is 1. The van der Waals surface area contributed by atoms with Gasteiger partial charge in [-0.1, -0.05) is 27.7 Å². The third-order valence-electron chi connectivity index (χ3n) is 2.20. The Bertz CT molecular complexity index is 102. The van der Waals surface area contributed by atoms with Gasteiger partial charge in [0.1, 0.15) is 0 Å². The molecule has 0 aromatic heterocycles. The molecule has 1 heterocycles. The predicted octanol–water partition coefficient (Wildman–Crippen LogP) is 2.27. The number of hydrogen-bond acceptors (Lipinski definition) is 2. The first kappa shape index (κ1) is 11.9. The van der Waals surface area contributed by atoms with Crippen LogP contribution in [0, 0.1) is 5.92 Å². The normalized spacial score (nSPS) is 25.0. The summed E-state index contributed by atoms with van der Waals surface area (Å²) < 4.78 is 0. The highest BCUT2D eigenvalue weighted by atomic mass is 15.5. The molecule has 1 aliphatic heterocycles. The zero-order valence-electron chi connectivity index (χ0n) is 9.22. The van der Waals surface area contributed by atoms with Crippen molar-refractivity contribution in [2.45, 2.75) is 46.6 Å². The molecule has 0 radical (unpaired) electrons. The van der Waals surface area contributed by atoms with Crippen LogP contribution in [0.5, 0.6) is 0 Å². The van der Waals surface area contributed by atoms with E-state index in [9.17, 15) is 0 Å². The standard InChI is InChI=1S/C8H18N2.C2H6/c1-7(2)8-5-4-6-10(3)9-8;1-2/h7-9H,4-6H2,1-3H3;1-2H3. The lowest BCUT2D eigenvalue weighted by Crippen LogP contribution is -2.49. The molecule has 0 spiro atoms. The molecule has 74 valence electrons. The first-order valence-electron chi connectivity index (χ1n) is 5.17. The number of nitrogens with zero attached hydrogens (tertiary/aromatic N) is 1. The molecule has 1 aliphatic rings. The molecule has 0 aliphatic carbocycles. The minimum atomic E-state index is 0.707. The molecule has 1 unspecified atom stereocenters. The highest BCUT2D eigenvalue weighted by molar-refractivity contribution is 4.73. The second kappa shape index (κ2) is 6.44. The van der Waals surface area contributed by atoms with Gasteiger partial charge in [-0.25, -0.2) is 5.01 Å². The van der Waals surface area contributed by atoms with Gasteiger partial charge in [-0.05, 0) is 18.8 Å². The molecule has 1 atom stereocenters. The van der Waals surface area contributed by atoms with Gasteiger partial charge in [0.2, 0.25) is 0 Å². The van der Waals surface area contributed by atoms with E-state index in [4.69, 9.17) is 0 Å². The summed E-state index contributed by atoms with van der Waals surface area (Å²) in [6.45, 7) is 9.75. The van der Waals surface area contributed by atoms with E-state index >= 15 is 0 Å². The minimum Gasteiger partial charge on any atom is -0.252 e. The number of nitrogens with one attached hydrogen (secondary N) is 1. The van der Waals surface area contributed by atoms with Crippen molar-refractivity contribution in [3.8, 4) is 0 Å². The van der Waals surface area contributed by atoms with E-state index in [0.29, 0.717) is 6.04 Å². The van der Waals surface area contributed by atoms with Crippen molar-refractivity contribution < 1.29 is 0 Å². The van der Waals surface area contributed by atoms with Gasteiger partial charge in [0, 0.05) is 19.6 Å². The molecule has 1 fully saturated rings. The fraction of sp³-hybridized carbons (Fsp3) is 1.00. The summed E-state index contributed by atoms with van der Waals surface area (Å²) in [4.78, 5) is 0. The van der Waals surface area contributed by atoms with Crippen molar-refractivity contribution >= 4 is 0 Å². The molecule has 0 bridgehead atoms. The highest BCUT2D eigenvalue weighted by Crippen LogP contribution is 2.12. The molecular formula is C10H24N2. The SMILES string of the molecule is CC.CC(C)C1CCCN(C)N1. The Hall–Kier alpha value is -0.0800. The van der Waals surface area contributed by atoms with Crippen LogP contribution < -0.4 is 5.43 Å². The van der Waals surface area contributed by atoms with Gasteiger partial charge >= 0.3 is 0 Å². The van der Waals surface area contributed by atoms with Crippen molar-refractivity contribution in [1.82, 2.24) is 10.4 Å². The molecule has 0 aromatic rings. The summed E-state index contributed by atoms with van der Waals surface area (Å²) in [5.74, 6) is 0.766. The van der Waals surface area contributed by atoms with E-state index < -0.39 is 0 Å². The van der Waals surface area contributed by atoms with Crippen LogP contribution in [0.4, 0.5) is 0 Å². The van der Waals surface area contributed by atoms with Crippen LogP contribution in [0.1, 0.15) is 40.5 Å². The average molecular weight is 172 g/mol. The molecule has 1 rings (SSSR count). The van der Waals surface area contributed by atoms with Crippen molar-refractivity contribution in [2.75, 3.05) is 13.6 Å². The van der Waals surface area contributed by atoms with Gasteiger partial charge in [-0.3, -0.25) is 5.43 Å². The molecule has 2 nitrogen and oxygen atoms in total. The minimum absolute atomic E-state index is 0.707. The molecule has 0 saturated carbocycles. The van der Waals surface area contributed by atoms with Crippen molar-refractivity contribution in [1.29, 1.82) is 0 Å². The van der Waals surface area contributed by atoms with Crippen LogP contribution in [0.25, 0.3) is 0 Å². The maximum Gasteiger partial charge on any atom is 0.0238 e. The molecule has 12 heavy (non-hydrogen) atoms. The molecular weight excluding hydrogens is 148 g/mol. The van der Waals surface area contributed by atoms with Crippen LogP contribution in [0.3, 0.4) is 0 Å². The number of hydrogen-bond donors (Lipinski definition) is 1. The third-order valence-corrected chi connectivity index (χ3v) is 2.20. The highest BCUT2D eigenvalue weighted by Gasteiger charge is 2.18. The Morgan fingerprint density at radius 3 is 2.25 bits per heavy atom. The van der Waals surface area contributed by atoms with Gasteiger partial charge in [0.05, 0.1) is 0 Å². The summed E-state index contributed by atoms with van der Waals surface area (Å²) in [5, 5.41) is 2.20.